The van der Waals surface area contributed by atoms with Gasteiger partial charge in [0, 0.05) is 18.2 Å². The molecule has 0 atom stereocenters. The molecule has 0 fully saturated rings. The summed E-state index contributed by atoms with van der Waals surface area (Å²) < 4.78 is 0. The van der Waals surface area contributed by atoms with E-state index in [-0.39, 0.29) is 31.0 Å². The normalized spacial score (nSPS) is 15.1. The molecule has 6 nitrogen and oxygen atoms in total. The van der Waals surface area contributed by atoms with E-state index in [1.807, 2.05) is 36.4 Å². The Hall–Kier alpha value is -2.76. The molecule has 1 N–H and O–H groups in total. The zero-order chi connectivity index (χ0) is 14.8. The molecule has 106 valence electrons. The van der Waals surface area contributed by atoms with Crippen molar-refractivity contribution in [3.05, 3.63) is 42.1 Å². The van der Waals surface area contributed by atoms with Gasteiger partial charge in [0.1, 0.15) is 5.71 Å². The number of hydrogen-bond donors (Lipinski definition) is 1. The molecule has 1 aliphatic rings. The van der Waals surface area contributed by atoms with Crippen LogP contribution in [0.4, 0.5) is 0 Å². The number of carbonyl (C=O) groups excluding carboxylic acids is 1. The van der Waals surface area contributed by atoms with Crippen molar-refractivity contribution >= 4 is 28.5 Å². The molecule has 1 aromatic heterocycles. The third-order valence-electron chi connectivity index (χ3n) is 3.32. The zero-order valence-corrected chi connectivity index (χ0v) is 11.2. The maximum atomic E-state index is 11.8. The quantitative estimate of drug-likeness (QED) is 0.931. The number of aliphatic carboxylic acids is 1. The molecule has 0 saturated heterocycles. The number of carboxylic acids is 1. The molecule has 1 aliphatic heterocycles. The number of aromatic nitrogens is 1. The summed E-state index contributed by atoms with van der Waals surface area (Å²) in [7, 11) is 0. The summed E-state index contributed by atoms with van der Waals surface area (Å²) in [6.45, 7) is 0.181. The molecule has 0 spiro atoms. The van der Waals surface area contributed by atoms with Gasteiger partial charge in [0.15, 0.2) is 0 Å². The standard InChI is InChI=1S/C15H13N3O3/c19-14-8-7-13(15(20)21)17-18(14)9-11-6-5-10-3-1-2-4-12(10)16-11/h1-6H,7-9H2,(H,20,21). The number of para-hydroxylation sites is 1. The smallest absolute Gasteiger partial charge is 0.352 e. The van der Waals surface area contributed by atoms with Crippen molar-refractivity contribution in [3.63, 3.8) is 0 Å². The van der Waals surface area contributed by atoms with Crippen LogP contribution in [-0.2, 0) is 16.1 Å². The minimum Gasteiger partial charge on any atom is -0.477 e. The van der Waals surface area contributed by atoms with Crippen LogP contribution < -0.4 is 0 Å². The zero-order valence-electron chi connectivity index (χ0n) is 11.2. The summed E-state index contributed by atoms with van der Waals surface area (Å²) in [6, 6.07) is 11.4. The molecule has 0 bridgehead atoms. The number of carboxylic acid groups (broad SMARTS) is 1. The van der Waals surface area contributed by atoms with Gasteiger partial charge in [-0.3, -0.25) is 9.78 Å². The molecule has 3 rings (SSSR count). The predicted molar refractivity (Wildman–Crippen MR) is 76.6 cm³/mol. The monoisotopic (exact) mass is 283 g/mol. The van der Waals surface area contributed by atoms with Gasteiger partial charge in [0.25, 0.3) is 0 Å². The molecule has 0 unspecified atom stereocenters. The minimum absolute atomic E-state index is 0.00962. The van der Waals surface area contributed by atoms with Gasteiger partial charge < -0.3 is 5.11 Å². The topological polar surface area (TPSA) is 82.9 Å². The molecule has 2 aromatic rings. The van der Waals surface area contributed by atoms with Gasteiger partial charge in [-0.05, 0) is 12.1 Å². The average molecular weight is 283 g/mol. The first kappa shape index (κ1) is 13.2. The van der Waals surface area contributed by atoms with E-state index < -0.39 is 5.97 Å². The van der Waals surface area contributed by atoms with E-state index in [4.69, 9.17) is 5.11 Å². The lowest BCUT2D eigenvalue weighted by Gasteiger charge is -2.21. The first-order chi connectivity index (χ1) is 10.1. The summed E-state index contributed by atoms with van der Waals surface area (Å²) >= 11 is 0. The highest BCUT2D eigenvalue weighted by molar-refractivity contribution is 6.36. The van der Waals surface area contributed by atoms with Crippen LogP contribution in [0.25, 0.3) is 10.9 Å². The molecular formula is C15H13N3O3. The fourth-order valence-corrected chi connectivity index (χ4v) is 2.23. The SMILES string of the molecule is O=C(O)C1=NN(Cc2ccc3ccccc3n2)C(=O)CC1. The van der Waals surface area contributed by atoms with Gasteiger partial charge in [-0.15, -0.1) is 0 Å². The second kappa shape index (κ2) is 5.32. The summed E-state index contributed by atoms with van der Waals surface area (Å²) in [5.41, 5.74) is 1.52. The summed E-state index contributed by atoms with van der Waals surface area (Å²) in [6.07, 6.45) is 0.342. The third-order valence-corrected chi connectivity index (χ3v) is 3.32. The van der Waals surface area contributed by atoms with E-state index in [1.54, 1.807) is 0 Å². The second-order valence-electron chi connectivity index (χ2n) is 4.80. The van der Waals surface area contributed by atoms with Crippen molar-refractivity contribution in [2.45, 2.75) is 19.4 Å². The Labute approximate surface area is 120 Å². The van der Waals surface area contributed by atoms with E-state index in [0.717, 1.165) is 10.9 Å². The lowest BCUT2D eigenvalue weighted by Crippen LogP contribution is -2.34. The largest absolute Gasteiger partial charge is 0.477 e. The van der Waals surface area contributed by atoms with Gasteiger partial charge in [0.2, 0.25) is 5.91 Å². The second-order valence-corrected chi connectivity index (χ2v) is 4.80. The Morgan fingerprint density at radius 2 is 2.00 bits per heavy atom. The number of amides is 1. The maximum absolute atomic E-state index is 11.8. The van der Waals surface area contributed by atoms with E-state index >= 15 is 0 Å². The number of hydrogen-bond acceptors (Lipinski definition) is 4. The Balaban J connectivity index is 1.88. The van der Waals surface area contributed by atoms with E-state index in [1.165, 1.54) is 5.01 Å². The Kier molecular flexibility index (Phi) is 3.35. The third kappa shape index (κ3) is 2.74. The molecular weight excluding hydrogens is 270 g/mol. The average Bonchev–Trinajstić information content (AvgIpc) is 2.49. The molecule has 6 heteroatoms. The van der Waals surface area contributed by atoms with Crippen molar-refractivity contribution < 1.29 is 14.7 Å². The number of benzene rings is 1. The minimum atomic E-state index is -1.08. The maximum Gasteiger partial charge on any atom is 0.352 e. The molecule has 0 radical (unpaired) electrons. The van der Waals surface area contributed by atoms with Crippen LogP contribution in [0.1, 0.15) is 18.5 Å². The van der Waals surface area contributed by atoms with Crippen molar-refractivity contribution in [3.8, 4) is 0 Å². The highest BCUT2D eigenvalue weighted by Crippen LogP contribution is 2.16. The van der Waals surface area contributed by atoms with Crippen LogP contribution in [0.3, 0.4) is 0 Å². The van der Waals surface area contributed by atoms with Crippen LogP contribution in [0.2, 0.25) is 0 Å². The number of pyridine rings is 1. The number of fused-ring (bicyclic) bond motifs is 1. The number of rotatable bonds is 3. The first-order valence-electron chi connectivity index (χ1n) is 6.59. The van der Waals surface area contributed by atoms with E-state index in [2.05, 4.69) is 10.1 Å². The van der Waals surface area contributed by atoms with E-state index in [9.17, 15) is 9.59 Å². The lowest BCUT2D eigenvalue weighted by molar-refractivity contribution is -0.133. The van der Waals surface area contributed by atoms with Crippen LogP contribution in [0.5, 0.6) is 0 Å². The Morgan fingerprint density at radius 1 is 1.19 bits per heavy atom. The lowest BCUT2D eigenvalue weighted by atomic mass is 10.1. The van der Waals surface area contributed by atoms with Crippen molar-refractivity contribution in [2.75, 3.05) is 0 Å². The van der Waals surface area contributed by atoms with Gasteiger partial charge in [-0.1, -0.05) is 24.3 Å². The van der Waals surface area contributed by atoms with Crippen molar-refractivity contribution in [2.24, 2.45) is 5.10 Å². The highest BCUT2D eigenvalue weighted by Gasteiger charge is 2.24. The summed E-state index contributed by atoms with van der Waals surface area (Å²) in [5, 5.41) is 15.1. The predicted octanol–water partition coefficient (Wildman–Crippen LogP) is 1.80. The Morgan fingerprint density at radius 3 is 2.81 bits per heavy atom. The fourth-order valence-electron chi connectivity index (χ4n) is 2.23. The Bertz CT molecular complexity index is 755. The van der Waals surface area contributed by atoms with Crippen LogP contribution >= 0.6 is 0 Å². The molecule has 1 aromatic carbocycles. The molecule has 1 amide bonds. The van der Waals surface area contributed by atoms with Gasteiger partial charge in [0.05, 0.1) is 17.8 Å². The number of hydrazone groups is 1. The molecule has 21 heavy (non-hydrogen) atoms. The van der Waals surface area contributed by atoms with Crippen LogP contribution in [0, 0.1) is 0 Å². The van der Waals surface area contributed by atoms with Gasteiger partial charge in [-0.2, -0.15) is 5.10 Å². The summed E-state index contributed by atoms with van der Waals surface area (Å²) in [4.78, 5) is 27.2. The van der Waals surface area contributed by atoms with Crippen molar-refractivity contribution in [1.82, 2.24) is 9.99 Å². The van der Waals surface area contributed by atoms with E-state index in [0.29, 0.717) is 5.69 Å². The fraction of sp³-hybridized carbons (Fsp3) is 0.200. The van der Waals surface area contributed by atoms with Crippen molar-refractivity contribution in [1.29, 1.82) is 0 Å². The van der Waals surface area contributed by atoms with Crippen LogP contribution in [-0.4, -0.2) is 32.7 Å². The summed E-state index contributed by atoms with van der Waals surface area (Å²) in [5.74, 6) is -1.27. The molecule has 2 heterocycles. The first-order valence-corrected chi connectivity index (χ1v) is 6.59. The number of carbonyl (C=O) groups is 2. The van der Waals surface area contributed by atoms with Gasteiger partial charge in [-0.25, -0.2) is 9.80 Å². The number of nitrogens with zero attached hydrogens (tertiary/aromatic N) is 3. The van der Waals surface area contributed by atoms with Crippen LogP contribution in [0.15, 0.2) is 41.5 Å². The van der Waals surface area contributed by atoms with Gasteiger partial charge >= 0.3 is 5.97 Å². The molecule has 0 saturated carbocycles. The molecule has 0 aliphatic carbocycles. The highest BCUT2D eigenvalue weighted by atomic mass is 16.4.